The minimum Gasteiger partial charge on any atom is -0.313 e. The van der Waals surface area contributed by atoms with Gasteiger partial charge in [0.15, 0.2) is 0 Å². The van der Waals surface area contributed by atoms with E-state index in [-0.39, 0.29) is 31.2 Å². The van der Waals surface area contributed by atoms with E-state index in [9.17, 15) is 34.8 Å². The van der Waals surface area contributed by atoms with E-state index < -0.39 is 38.4 Å². The van der Waals surface area contributed by atoms with Crippen LogP contribution >= 0.6 is 0 Å². The van der Waals surface area contributed by atoms with Crippen molar-refractivity contribution in [1.29, 1.82) is 0 Å². The SMILES string of the molecule is O=S(=O)(NCCCNCc1cccc2ccccc12)c1cc(C(F)(F)F)cc(C(F)(F)F)c1. The van der Waals surface area contributed by atoms with Crippen molar-refractivity contribution < 1.29 is 34.8 Å². The van der Waals surface area contributed by atoms with Gasteiger partial charge in [-0.15, -0.1) is 0 Å². The molecule has 0 fully saturated rings. The zero-order valence-electron chi connectivity index (χ0n) is 17.1. The van der Waals surface area contributed by atoms with Crippen LogP contribution in [0.4, 0.5) is 26.3 Å². The van der Waals surface area contributed by atoms with Crippen LogP contribution < -0.4 is 10.0 Å². The molecule has 0 unspecified atom stereocenters. The van der Waals surface area contributed by atoms with Crippen molar-refractivity contribution in [3.05, 3.63) is 77.4 Å². The predicted octanol–water partition coefficient (Wildman–Crippen LogP) is 5.34. The van der Waals surface area contributed by atoms with Gasteiger partial charge in [0.25, 0.3) is 0 Å². The smallest absolute Gasteiger partial charge is 0.313 e. The highest BCUT2D eigenvalue weighted by Gasteiger charge is 2.38. The zero-order valence-corrected chi connectivity index (χ0v) is 17.9. The third-order valence-corrected chi connectivity index (χ3v) is 6.33. The first-order valence-electron chi connectivity index (χ1n) is 9.84. The van der Waals surface area contributed by atoms with Crippen LogP contribution in [0.15, 0.2) is 65.6 Å². The molecule has 2 N–H and O–H groups in total. The van der Waals surface area contributed by atoms with Gasteiger partial charge in [-0.25, -0.2) is 13.1 Å². The van der Waals surface area contributed by atoms with E-state index in [1.54, 1.807) is 0 Å². The fourth-order valence-corrected chi connectivity index (χ4v) is 4.40. The molecule has 0 spiro atoms. The number of benzene rings is 3. The van der Waals surface area contributed by atoms with Gasteiger partial charge >= 0.3 is 12.4 Å². The van der Waals surface area contributed by atoms with E-state index in [0.29, 0.717) is 13.1 Å². The van der Waals surface area contributed by atoms with Gasteiger partial charge in [-0.1, -0.05) is 42.5 Å². The lowest BCUT2D eigenvalue weighted by Gasteiger charge is -2.15. The van der Waals surface area contributed by atoms with Crippen LogP contribution in [0, 0.1) is 0 Å². The molecule has 178 valence electrons. The summed E-state index contributed by atoms with van der Waals surface area (Å²) < 4.78 is 104. The van der Waals surface area contributed by atoms with E-state index in [4.69, 9.17) is 0 Å². The quantitative estimate of drug-likeness (QED) is 0.331. The average Bonchev–Trinajstić information content (AvgIpc) is 2.74. The highest BCUT2D eigenvalue weighted by atomic mass is 32.2. The van der Waals surface area contributed by atoms with Crippen LogP contribution in [0.1, 0.15) is 23.1 Å². The molecule has 3 aromatic carbocycles. The molecule has 3 rings (SSSR count). The minimum absolute atomic E-state index is 0.115. The number of nitrogens with one attached hydrogen (secondary N) is 2. The first kappa shape index (κ1) is 25.0. The number of fused-ring (bicyclic) bond motifs is 1. The normalized spacial score (nSPS) is 12.9. The summed E-state index contributed by atoms with van der Waals surface area (Å²) >= 11 is 0. The fourth-order valence-electron chi connectivity index (χ4n) is 3.25. The Balaban J connectivity index is 1.60. The van der Waals surface area contributed by atoms with E-state index in [0.717, 1.165) is 16.3 Å². The summed E-state index contributed by atoms with van der Waals surface area (Å²) in [5, 5.41) is 5.29. The number of sulfonamides is 1. The predicted molar refractivity (Wildman–Crippen MR) is 112 cm³/mol. The molecule has 0 aromatic heterocycles. The number of hydrogen-bond acceptors (Lipinski definition) is 3. The molecule has 0 heterocycles. The summed E-state index contributed by atoms with van der Waals surface area (Å²) in [6, 6.07) is 13.9. The van der Waals surface area contributed by atoms with Gasteiger partial charge in [0, 0.05) is 13.1 Å². The highest BCUT2D eigenvalue weighted by molar-refractivity contribution is 7.89. The maximum Gasteiger partial charge on any atom is 0.416 e. The summed E-state index contributed by atoms with van der Waals surface area (Å²) in [6.45, 7) is 0.723. The third kappa shape index (κ3) is 6.46. The van der Waals surface area contributed by atoms with Crippen molar-refractivity contribution in [2.75, 3.05) is 13.1 Å². The molecule has 11 heteroatoms. The standard InChI is InChI=1S/C22H20F6N2O2S/c23-21(24,25)17-11-18(22(26,27)28)13-19(12-17)33(31,32)30-10-4-9-29-14-16-7-3-6-15-5-1-2-8-20(15)16/h1-3,5-8,11-13,29-30H,4,9-10,14H2. The molecule has 0 aliphatic rings. The molecule has 0 amide bonds. The Morgan fingerprint density at radius 1 is 0.758 bits per heavy atom. The Labute approximate surface area is 186 Å². The molecule has 0 bridgehead atoms. The van der Waals surface area contributed by atoms with Crippen molar-refractivity contribution >= 4 is 20.8 Å². The highest BCUT2D eigenvalue weighted by Crippen LogP contribution is 2.37. The molecule has 0 aliphatic heterocycles. The van der Waals surface area contributed by atoms with Gasteiger partial charge in [-0.2, -0.15) is 26.3 Å². The molecule has 0 saturated heterocycles. The maximum atomic E-state index is 13.0. The number of hydrogen-bond donors (Lipinski definition) is 2. The Morgan fingerprint density at radius 2 is 1.36 bits per heavy atom. The molecule has 4 nitrogen and oxygen atoms in total. The van der Waals surface area contributed by atoms with Crippen molar-refractivity contribution in [3.63, 3.8) is 0 Å². The van der Waals surface area contributed by atoms with Crippen LogP contribution in [-0.4, -0.2) is 21.5 Å². The number of rotatable bonds is 8. The number of alkyl halides is 6. The lowest BCUT2D eigenvalue weighted by molar-refractivity contribution is -0.143. The number of halogens is 6. The van der Waals surface area contributed by atoms with Gasteiger partial charge in [-0.3, -0.25) is 0 Å². The van der Waals surface area contributed by atoms with Crippen LogP contribution in [0.3, 0.4) is 0 Å². The maximum absolute atomic E-state index is 13.0. The molecule has 3 aromatic rings. The van der Waals surface area contributed by atoms with E-state index >= 15 is 0 Å². The average molecular weight is 490 g/mol. The van der Waals surface area contributed by atoms with Crippen LogP contribution in [0.25, 0.3) is 10.8 Å². The van der Waals surface area contributed by atoms with Crippen LogP contribution in [0.2, 0.25) is 0 Å². The summed E-state index contributed by atoms with van der Waals surface area (Å²) in [5.74, 6) is 0. The molecule has 0 saturated carbocycles. The largest absolute Gasteiger partial charge is 0.416 e. The summed E-state index contributed by atoms with van der Waals surface area (Å²) in [7, 11) is -4.57. The van der Waals surface area contributed by atoms with Gasteiger partial charge in [0.05, 0.1) is 16.0 Å². The van der Waals surface area contributed by atoms with E-state index in [1.165, 1.54) is 0 Å². The lowest BCUT2D eigenvalue weighted by atomic mass is 10.0. The second kappa shape index (κ2) is 9.70. The Hall–Kier alpha value is -2.63. The fraction of sp³-hybridized carbons (Fsp3) is 0.273. The van der Waals surface area contributed by atoms with Crippen molar-refractivity contribution in [3.8, 4) is 0 Å². The van der Waals surface area contributed by atoms with Crippen molar-refractivity contribution in [1.82, 2.24) is 10.0 Å². The molecule has 0 atom stereocenters. The van der Waals surface area contributed by atoms with Gasteiger partial charge in [0.1, 0.15) is 0 Å². The second-order valence-electron chi connectivity index (χ2n) is 7.31. The molecular weight excluding hydrogens is 470 g/mol. The summed E-state index contributed by atoms with van der Waals surface area (Å²) in [4.78, 5) is -1.09. The zero-order chi connectivity index (χ0) is 24.3. The summed E-state index contributed by atoms with van der Waals surface area (Å²) in [5.41, 5.74) is -2.33. The van der Waals surface area contributed by atoms with Crippen molar-refractivity contribution in [2.24, 2.45) is 0 Å². The van der Waals surface area contributed by atoms with Crippen LogP contribution in [0.5, 0.6) is 0 Å². The van der Waals surface area contributed by atoms with E-state index in [1.807, 2.05) is 42.5 Å². The van der Waals surface area contributed by atoms with Gasteiger partial charge < -0.3 is 5.32 Å². The molecule has 0 aliphatic carbocycles. The second-order valence-corrected chi connectivity index (χ2v) is 9.07. The lowest BCUT2D eigenvalue weighted by Crippen LogP contribution is -2.28. The minimum atomic E-state index is -5.13. The molecule has 0 radical (unpaired) electrons. The first-order chi connectivity index (χ1) is 15.4. The van der Waals surface area contributed by atoms with Crippen LogP contribution in [-0.2, 0) is 28.9 Å². The Morgan fingerprint density at radius 3 is 2.00 bits per heavy atom. The first-order valence-corrected chi connectivity index (χ1v) is 11.3. The third-order valence-electron chi connectivity index (χ3n) is 4.89. The van der Waals surface area contributed by atoms with Crippen molar-refractivity contribution in [2.45, 2.75) is 30.2 Å². The Bertz CT molecular complexity index is 1190. The molecule has 33 heavy (non-hydrogen) atoms. The monoisotopic (exact) mass is 490 g/mol. The molecular formula is C22H20F6N2O2S. The van der Waals surface area contributed by atoms with E-state index in [2.05, 4.69) is 10.0 Å². The summed E-state index contributed by atoms with van der Waals surface area (Å²) in [6.07, 6.45) is -9.98. The van der Waals surface area contributed by atoms with Gasteiger partial charge in [0.2, 0.25) is 10.0 Å². The van der Waals surface area contributed by atoms with Gasteiger partial charge in [-0.05, 0) is 47.5 Å². The topological polar surface area (TPSA) is 58.2 Å². The Kier molecular flexibility index (Phi) is 7.35.